The van der Waals surface area contributed by atoms with Gasteiger partial charge in [0, 0.05) is 39.4 Å². The molecule has 0 fully saturated rings. The van der Waals surface area contributed by atoms with E-state index in [1.54, 1.807) is 43.3 Å². The Morgan fingerprint density at radius 2 is 1.89 bits per heavy atom. The maximum atomic E-state index is 13.5. The number of nitrogens with one attached hydrogen (secondary N) is 1. The number of pyridine rings is 1. The van der Waals surface area contributed by atoms with Crippen molar-refractivity contribution < 1.29 is 18.9 Å². The molecule has 0 aliphatic carbocycles. The number of ketones is 1. The first kappa shape index (κ1) is 24.2. The summed E-state index contributed by atoms with van der Waals surface area (Å²) in [5, 5.41) is 14.9. The maximum absolute atomic E-state index is 13.5. The number of amides is 1. The highest BCUT2D eigenvalue weighted by Gasteiger charge is 2.28. The molecule has 3 heterocycles. The minimum absolute atomic E-state index is 0.107. The molecule has 5 aromatic rings. The Bertz CT molecular complexity index is 1690. The Kier molecular flexibility index (Phi) is 6.20. The molecule has 0 spiro atoms. The zero-order chi connectivity index (χ0) is 26.3. The fourth-order valence-electron chi connectivity index (χ4n) is 4.00. The van der Waals surface area contributed by atoms with Gasteiger partial charge in [-0.3, -0.25) is 19.7 Å². The predicted molar refractivity (Wildman–Crippen MR) is 142 cm³/mol. The number of benzene rings is 2. The number of rotatable bonds is 6. The number of carbonyl (C=O) groups excluding carboxylic acids is 2. The van der Waals surface area contributed by atoms with Crippen LogP contribution in [0.4, 0.5) is 17.1 Å². The van der Waals surface area contributed by atoms with E-state index in [1.807, 2.05) is 0 Å². The van der Waals surface area contributed by atoms with E-state index in [0.717, 1.165) is 11.3 Å². The number of anilines is 2. The molecule has 3 N–H and O–H groups in total. The number of furan rings is 1. The van der Waals surface area contributed by atoms with Gasteiger partial charge >= 0.3 is 0 Å². The summed E-state index contributed by atoms with van der Waals surface area (Å²) in [4.78, 5) is 42.6. The highest BCUT2D eigenvalue weighted by molar-refractivity contribution is 7.21. The van der Waals surface area contributed by atoms with Crippen LogP contribution in [0, 0.1) is 17.0 Å². The lowest BCUT2D eigenvalue weighted by Crippen LogP contribution is -2.16. The van der Waals surface area contributed by atoms with E-state index >= 15 is 0 Å². The second-order valence-corrected chi connectivity index (χ2v) is 9.48. The number of nitro groups is 1. The number of nitrogens with zero attached hydrogens (tertiary/aromatic N) is 2. The minimum atomic E-state index is -0.573. The third-order valence-electron chi connectivity index (χ3n) is 5.68. The van der Waals surface area contributed by atoms with Gasteiger partial charge in [0.2, 0.25) is 5.78 Å². The van der Waals surface area contributed by atoms with E-state index in [2.05, 4.69) is 10.3 Å². The number of carbonyl (C=O) groups is 2. The molecule has 0 aliphatic heterocycles. The first-order valence-electron chi connectivity index (χ1n) is 10.9. The van der Waals surface area contributed by atoms with Gasteiger partial charge in [0.15, 0.2) is 0 Å². The number of non-ortho nitro benzene ring substituents is 1. The second-order valence-electron chi connectivity index (χ2n) is 8.05. The molecule has 37 heavy (non-hydrogen) atoms. The smallest absolute Gasteiger partial charge is 0.270 e. The number of nitrogens with two attached hydrogens (primary N) is 1. The number of hydrogen-bond donors (Lipinski definition) is 2. The largest absolute Gasteiger partial charge is 0.464 e. The summed E-state index contributed by atoms with van der Waals surface area (Å²) < 4.78 is 5.65. The van der Waals surface area contributed by atoms with Crippen molar-refractivity contribution in [2.75, 3.05) is 11.1 Å². The zero-order valence-electron chi connectivity index (χ0n) is 19.2. The summed E-state index contributed by atoms with van der Waals surface area (Å²) >= 11 is 7.00. The van der Waals surface area contributed by atoms with Crippen molar-refractivity contribution in [3.05, 3.63) is 104 Å². The van der Waals surface area contributed by atoms with Crippen LogP contribution < -0.4 is 11.1 Å². The lowest BCUT2D eigenvalue weighted by atomic mass is 9.98. The molecule has 11 heteroatoms. The van der Waals surface area contributed by atoms with Gasteiger partial charge in [0.25, 0.3) is 11.6 Å². The summed E-state index contributed by atoms with van der Waals surface area (Å²) in [6.07, 6.45) is 1.47. The normalized spacial score (nSPS) is 11.0. The molecular weight excluding hydrogens is 516 g/mol. The quantitative estimate of drug-likeness (QED) is 0.144. The van der Waals surface area contributed by atoms with Gasteiger partial charge in [-0.15, -0.1) is 11.3 Å². The van der Waals surface area contributed by atoms with Gasteiger partial charge in [-0.05, 0) is 43.3 Å². The van der Waals surface area contributed by atoms with Crippen molar-refractivity contribution in [3.63, 3.8) is 0 Å². The zero-order valence-corrected chi connectivity index (χ0v) is 20.7. The van der Waals surface area contributed by atoms with E-state index in [4.69, 9.17) is 21.8 Å². The Balaban J connectivity index is 1.68. The molecule has 2 aromatic carbocycles. The van der Waals surface area contributed by atoms with E-state index in [9.17, 15) is 19.7 Å². The SMILES string of the molecule is Cc1nc2sc(C(=O)c3cccc([N+](=O)[O-])c3)c(N)c2c(-c2ccco2)c1C(=O)Nc1ccc(Cl)cc1. The Hall–Kier alpha value is -4.54. The third kappa shape index (κ3) is 4.44. The van der Waals surface area contributed by atoms with Crippen LogP contribution in [0.3, 0.4) is 0 Å². The maximum Gasteiger partial charge on any atom is 0.270 e. The topological polar surface area (TPSA) is 141 Å². The number of aromatic nitrogens is 1. The highest BCUT2D eigenvalue weighted by atomic mass is 35.5. The van der Waals surface area contributed by atoms with E-state index < -0.39 is 16.6 Å². The molecule has 9 nitrogen and oxygen atoms in total. The Morgan fingerprint density at radius 1 is 1.14 bits per heavy atom. The van der Waals surface area contributed by atoms with E-state index in [0.29, 0.717) is 37.9 Å². The number of nitrogen functional groups attached to an aromatic ring is 1. The fraction of sp³-hybridized carbons (Fsp3) is 0.0385. The summed E-state index contributed by atoms with van der Waals surface area (Å²) in [5.74, 6) is -0.562. The summed E-state index contributed by atoms with van der Waals surface area (Å²) in [6, 6.07) is 15.4. The average Bonchev–Trinajstić information content (AvgIpc) is 3.52. The number of thiophene rings is 1. The van der Waals surface area contributed by atoms with Crippen LogP contribution >= 0.6 is 22.9 Å². The Labute approximate surface area is 218 Å². The lowest BCUT2D eigenvalue weighted by Gasteiger charge is -2.13. The lowest BCUT2D eigenvalue weighted by molar-refractivity contribution is -0.384. The molecule has 1 amide bonds. The number of nitro benzene ring substituents is 1. The van der Waals surface area contributed by atoms with Crippen molar-refractivity contribution in [2.24, 2.45) is 0 Å². The number of aryl methyl sites for hydroxylation is 1. The number of hydrogen-bond acceptors (Lipinski definition) is 8. The van der Waals surface area contributed by atoms with Crippen LogP contribution in [0.25, 0.3) is 21.5 Å². The van der Waals surface area contributed by atoms with E-state index in [-0.39, 0.29) is 27.4 Å². The molecule has 0 aliphatic rings. The monoisotopic (exact) mass is 532 g/mol. The molecule has 0 atom stereocenters. The van der Waals surface area contributed by atoms with Gasteiger partial charge in [-0.25, -0.2) is 4.98 Å². The second kappa shape index (κ2) is 9.49. The number of halogens is 1. The van der Waals surface area contributed by atoms with Gasteiger partial charge in [0.1, 0.15) is 15.5 Å². The summed E-state index contributed by atoms with van der Waals surface area (Å²) in [5.41, 5.74) is 8.07. The minimum Gasteiger partial charge on any atom is -0.464 e. The van der Waals surface area contributed by atoms with Crippen LogP contribution in [-0.2, 0) is 0 Å². The molecule has 0 saturated carbocycles. The average molecular weight is 533 g/mol. The molecule has 0 bridgehead atoms. The first-order valence-corrected chi connectivity index (χ1v) is 12.1. The van der Waals surface area contributed by atoms with Crippen LogP contribution in [0.2, 0.25) is 5.02 Å². The van der Waals surface area contributed by atoms with Crippen molar-refractivity contribution in [1.29, 1.82) is 0 Å². The van der Waals surface area contributed by atoms with Crippen molar-refractivity contribution >= 4 is 61.9 Å². The Morgan fingerprint density at radius 3 is 2.57 bits per heavy atom. The molecular formula is C26H17ClN4O5S. The molecule has 0 unspecified atom stereocenters. The molecule has 5 rings (SSSR count). The van der Waals surface area contributed by atoms with Gasteiger partial charge in [-0.2, -0.15) is 0 Å². The standard InChI is InChI=1S/C26H17ClN4O5S/c1-13-19(25(33)30-16-9-7-15(27)8-10-16)20(18-6-3-11-36-18)21-22(28)24(37-26(21)29-13)23(32)14-4-2-5-17(12-14)31(34)35/h2-12H,28H2,1H3,(H,30,33). The van der Waals surface area contributed by atoms with Gasteiger partial charge < -0.3 is 15.5 Å². The van der Waals surface area contributed by atoms with Crippen LogP contribution in [0.1, 0.15) is 31.3 Å². The summed E-state index contributed by atoms with van der Waals surface area (Å²) in [7, 11) is 0. The van der Waals surface area contributed by atoms with Crippen molar-refractivity contribution in [3.8, 4) is 11.3 Å². The molecule has 3 aromatic heterocycles. The van der Waals surface area contributed by atoms with E-state index in [1.165, 1.54) is 30.5 Å². The van der Waals surface area contributed by atoms with Gasteiger partial charge in [-0.1, -0.05) is 23.7 Å². The van der Waals surface area contributed by atoms with Crippen molar-refractivity contribution in [2.45, 2.75) is 6.92 Å². The predicted octanol–water partition coefficient (Wildman–Crippen LogP) is 6.49. The molecule has 0 saturated heterocycles. The molecule has 0 radical (unpaired) electrons. The van der Waals surface area contributed by atoms with Crippen LogP contribution in [0.5, 0.6) is 0 Å². The third-order valence-corrected chi connectivity index (χ3v) is 7.03. The van der Waals surface area contributed by atoms with Gasteiger partial charge in [0.05, 0.1) is 28.1 Å². The van der Waals surface area contributed by atoms with Crippen LogP contribution in [0.15, 0.2) is 71.3 Å². The van der Waals surface area contributed by atoms with Crippen LogP contribution in [-0.4, -0.2) is 21.6 Å². The fourth-order valence-corrected chi connectivity index (χ4v) is 5.24. The molecule has 184 valence electrons. The first-order chi connectivity index (χ1) is 17.7. The number of fused-ring (bicyclic) bond motifs is 1. The highest BCUT2D eigenvalue weighted by Crippen LogP contribution is 2.43. The summed E-state index contributed by atoms with van der Waals surface area (Å²) in [6.45, 7) is 1.68. The van der Waals surface area contributed by atoms with Crippen molar-refractivity contribution in [1.82, 2.24) is 4.98 Å².